The van der Waals surface area contributed by atoms with Gasteiger partial charge < -0.3 is 10.1 Å². The lowest BCUT2D eigenvalue weighted by Crippen LogP contribution is -2.14. The molecule has 0 spiro atoms. The number of aryl methyl sites for hydroxylation is 2. The van der Waals surface area contributed by atoms with Crippen molar-refractivity contribution in [3.8, 4) is 11.6 Å². The van der Waals surface area contributed by atoms with Crippen molar-refractivity contribution in [1.29, 1.82) is 0 Å². The second-order valence-electron chi connectivity index (χ2n) is 5.12. The van der Waals surface area contributed by atoms with E-state index in [9.17, 15) is 0 Å². The van der Waals surface area contributed by atoms with Gasteiger partial charge in [-0.05, 0) is 56.1 Å². The first-order chi connectivity index (χ1) is 10.1. The molecule has 21 heavy (non-hydrogen) atoms. The van der Waals surface area contributed by atoms with Crippen LogP contribution in [0, 0.1) is 13.8 Å². The Morgan fingerprint density at radius 1 is 1.19 bits per heavy atom. The highest BCUT2D eigenvalue weighted by Crippen LogP contribution is 2.28. The van der Waals surface area contributed by atoms with Crippen LogP contribution in [-0.2, 0) is 6.54 Å². The first-order valence-corrected chi connectivity index (χ1v) is 7.59. The van der Waals surface area contributed by atoms with Crippen molar-refractivity contribution in [1.82, 2.24) is 10.3 Å². The number of ether oxygens (including phenoxy) is 1. The standard InChI is InChI=1S/C17H21ClN2O/c1-4-8-19-11-14-6-5-7-16(20-14)21-15-9-12(2)17(18)13(3)10-15/h5-7,9-10,19H,4,8,11H2,1-3H3. The number of halogens is 1. The molecule has 0 saturated carbocycles. The fourth-order valence-electron chi connectivity index (χ4n) is 2.09. The highest BCUT2D eigenvalue weighted by Gasteiger charge is 2.06. The molecule has 1 aromatic heterocycles. The maximum absolute atomic E-state index is 6.17. The van der Waals surface area contributed by atoms with Crippen LogP contribution >= 0.6 is 11.6 Å². The third-order valence-corrected chi connectivity index (χ3v) is 3.74. The SMILES string of the molecule is CCCNCc1cccc(Oc2cc(C)c(Cl)c(C)c2)n1. The number of nitrogens with zero attached hydrogens (tertiary/aromatic N) is 1. The van der Waals surface area contributed by atoms with Crippen molar-refractivity contribution >= 4 is 11.6 Å². The van der Waals surface area contributed by atoms with Crippen molar-refractivity contribution in [2.24, 2.45) is 0 Å². The number of hydrogen-bond donors (Lipinski definition) is 1. The monoisotopic (exact) mass is 304 g/mol. The predicted molar refractivity (Wildman–Crippen MR) is 87.2 cm³/mol. The largest absolute Gasteiger partial charge is 0.439 e. The third kappa shape index (κ3) is 4.45. The Bertz CT molecular complexity index is 590. The van der Waals surface area contributed by atoms with Crippen molar-refractivity contribution in [2.45, 2.75) is 33.7 Å². The van der Waals surface area contributed by atoms with Gasteiger partial charge in [0.25, 0.3) is 0 Å². The number of rotatable bonds is 6. The minimum atomic E-state index is 0.604. The van der Waals surface area contributed by atoms with Crippen LogP contribution in [0.25, 0.3) is 0 Å². The lowest BCUT2D eigenvalue weighted by Gasteiger charge is -2.10. The molecule has 0 bridgehead atoms. The van der Waals surface area contributed by atoms with Crippen molar-refractivity contribution in [3.63, 3.8) is 0 Å². The number of benzene rings is 1. The summed E-state index contributed by atoms with van der Waals surface area (Å²) < 4.78 is 5.84. The Kier molecular flexibility index (Phi) is 5.59. The summed E-state index contributed by atoms with van der Waals surface area (Å²) in [7, 11) is 0. The minimum absolute atomic E-state index is 0.604. The molecule has 1 N–H and O–H groups in total. The molecule has 2 aromatic rings. The van der Waals surface area contributed by atoms with E-state index in [2.05, 4.69) is 17.2 Å². The molecule has 112 valence electrons. The van der Waals surface area contributed by atoms with E-state index in [1.807, 2.05) is 44.2 Å². The predicted octanol–water partition coefficient (Wildman–Crippen LogP) is 4.64. The molecule has 0 aliphatic carbocycles. The molecule has 0 amide bonds. The lowest BCUT2D eigenvalue weighted by molar-refractivity contribution is 0.459. The van der Waals surface area contributed by atoms with Gasteiger partial charge in [-0.3, -0.25) is 0 Å². The first kappa shape index (κ1) is 15.8. The summed E-state index contributed by atoms with van der Waals surface area (Å²) in [4.78, 5) is 4.50. The van der Waals surface area contributed by atoms with Crippen molar-refractivity contribution < 1.29 is 4.74 Å². The molecule has 0 aliphatic rings. The Hall–Kier alpha value is -1.58. The Morgan fingerprint density at radius 3 is 2.57 bits per heavy atom. The number of pyridine rings is 1. The molecule has 2 rings (SSSR count). The smallest absolute Gasteiger partial charge is 0.219 e. The molecule has 0 aliphatic heterocycles. The van der Waals surface area contributed by atoms with Gasteiger partial charge in [-0.15, -0.1) is 0 Å². The van der Waals surface area contributed by atoms with E-state index in [-0.39, 0.29) is 0 Å². The van der Waals surface area contributed by atoms with Gasteiger partial charge in [-0.25, -0.2) is 4.98 Å². The van der Waals surface area contributed by atoms with E-state index in [0.29, 0.717) is 5.88 Å². The third-order valence-electron chi connectivity index (χ3n) is 3.15. The molecule has 0 atom stereocenters. The molecule has 0 unspecified atom stereocenters. The summed E-state index contributed by atoms with van der Waals surface area (Å²) >= 11 is 6.17. The highest BCUT2D eigenvalue weighted by molar-refractivity contribution is 6.32. The average molecular weight is 305 g/mol. The van der Waals surface area contributed by atoms with Crippen molar-refractivity contribution in [3.05, 3.63) is 52.2 Å². The molecule has 0 fully saturated rings. The van der Waals surface area contributed by atoms with Crippen LogP contribution in [0.1, 0.15) is 30.2 Å². The van der Waals surface area contributed by atoms with Gasteiger partial charge in [0, 0.05) is 17.6 Å². The molecule has 3 nitrogen and oxygen atoms in total. The van der Waals surface area contributed by atoms with E-state index in [4.69, 9.17) is 16.3 Å². The van der Waals surface area contributed by atoms with Crippen LogP contribution in [0.3, 0.4) is 0 Å². The maximum Gasteiger partial charge on any atom is 0.219 e. The summed E-state index contributed by atoms with van der Waals surface area (Å²) in [6, 6.07) is 9.68. The van der Waals surface area contributed by atoms with E-state index < -0.39 is 0 Å². The van der Waals surface area contributed by atoms with E-state index in [1.54, 1.807) is 0 Å². The van der Waals surface area contributed by atoms with Crippen LogP contribution in [-0.4, -0.2) is 11.5 Å². The summed E-state index contributed by atoms with van der Waals surface area (Å²) in [5.74, 6) is 1.37. The molecule has 0 radical (unpaired) electrons. The van der Waals surface area contributed by atoms with Crippen LogP contribution in [0.5, 0.6) is 11.6 Å². The lowest BCUT2D eigenvalue weighted by atomic mass is 10.1. The van der Waals surface area contributed by atoms with Gasteiger partial charge in [0.2, 0.25) is 5.88 Å². The zero-order valence-electron chi connectivity index (χ0n) is 12.7. The normalized spacial score (nSPS) is 10.7. The zero-order valence-corrected chi connectivity index (χ0v) is 13.5. The second-order valence-corrected chi connectivity index (χ2v) is 5.50. The quantitative estimate of drug-likeness (QED) is 0.789. The van der Waals surface area contributed by atoms with E-state index >= 15 is 0 Å². The van der Waals surface area contributed by atoms with Gasteiger partial charge in [-0.2, -0.15) is 0 Å². The average Bonchev–Trinajstić information content (AvgIpc) is 2.45. The Balaban J connectivity index is 2.11. The van der Waals surface area contributed by atoms with Crippen LogP contribution in [0.15, 0.2) is 30.3 Å². The summed E-state index contributed by atoms with van der Waals surface area (Å²) in [6.07, 6.45) is 1.11. The molecule has 0 saturated heterocycles. The highest BCUT2D eigenvalue weighted by atomic mass is 35.5. The van der Waals surface area contributed by atoms with Gasteiger partial charge in [-0.1, -0.05) is 24.6 Å². The van der Waals surface area contributed by atoms with Gasteiger partial charge >= 0.3 is 0 Å². The Labute approximate surface area is 131 Å². The Morgan fingerprint density at radius 2 is 1.90 bits per heavy atom. The summed E-state index contributed by atoms with van der Waals surface area (Å²) in [5.41, 5.74) is 2.99. The number of hydrogen-bond acceptors (Lipinski definition) is 3. The fourth-order valence-corrected chi connectivity index (χ4v) is 2.20. The number of nitrogens with one attached hydrogen (secondary N) is 1. The van der Waals surface area contributed by atoms with Crippen LogP contribution < -0.4 is 10.1 Å². The van der Waals surface area contributed by atoms with Crippen molar-refractivity contribution in [2.75, 3.05) is 6.54 Å². The molecule has 1 aromatic carbocycles. The van der Waals surface area contributed by atoms with Crippen LogP contribution in [0.4, 0.5) is 0 Å². The van der Waals surface area contributed by atoms with Gasteiger partial charge in [0.05, 0.1) is 5.69 Å². The molecule has 1 heterocycles. The number of aromatic nitrogens is 1. The summed E-state index contributed by atoms with van der Waals surface area (Å²) in [6.45, 7) is 7.83. The topological polar surface area (TPSA) is 34.1 Å². The first-order valence-electron chi connectivity index (χ1n) is 7.21. The van der Waals surface area contributed by atoms with Crippen LogP contribution in [0.2, 0.25) is 5.02 Å². The van der Waals surface area contributed by atoms with Gasteiger partial charge in [0.1, 0.15) is 5.75 Å². The molecular weight excluding hydrogens is 284 g/mol. The minimum Gasteiger partial charge on any atom is -0.439 e. The molecular formula is C17H21ClN2O. The second kappa shape index (κ2) is 7.43. The molecule has 4 heteroatoms. The zero-order chi connectivity index (χ0) is 15.2. The van der Waals surface area contributed by atoms with E-state index in [0.717, 1.165) is 47.1 Å². The summed E-state index contributed by atoms with van der Waals surface area (Å²) in [5, 5.41) is 4.12. The fraction of sp³-hybridized carbons (Fsp3) is 0.353. The maximum atomic E-state index is 6.17. The van der Waals surface area contributed by atoms with Gasteiger partial charge in [0.15, 0.2) is 0 Å². The van der Waals surface area contributed by atoms with E-state index in [1.165, 1.54) is 0 Å².